The number of hydrogen-bond donors (Lipinski definition) is 2. The number of nitrogens with zero attached hydrogens (tertiary/aromatic N) is 1. The van der Waals surface area contributed by atoms with Crippen molar-refractivity contribution in [2.75, 3.05) is 24.5 Å². The van der Waals surface area contributed by atoms with E-state index in [2.05, 4.69) is 5.32 Å². The van der Waals surface area contributed by atoms with E-state index in [0.29, 0.717) is 19.1 Å². The fraction of sp³-hybridized carbons (Fsp3) is 0.571. The number of nitrogens with one attached hydrogen (secondary N) is 1. The molecule has 0 radical (unpaired) electrons. The smallest absolute Gasteiger partial charge is 0.123 e. The van der Waals surface area contributed by atoms with Crippen LogP contribution in [0.3, 0.4) is 0 Å². The van der Waals surface area contributed by atoms with Crippen molar-refractivity contribution < 1.29 is 9.50 Å². The zero-order valence-corrected chi connectivity index (χ0v) is 11.4. The first-order valence-electron chi connectivity index (χ1n) is 6.45. The molecule has 0 heterocycles. The minimum Gasteiger partial charge on any atom is -0.390 e. The van der Waals surface area contributed by atoms with Crippen LogP contribution in [0.4, 0.5) is 10.1 Å². The number of benzene rings is 1. The van der Waals surface area contributed by atoms with Gasteiger partial charge in [-0.15, -0.1) is 0 Å². The molecule has 0 saturated carbocycles. The van der Waals surface area contributed by atoms with Crippen LogP contribution in [0.5, 0.6) is 0 Å². The van der Waals surface area contributed by atoms with Gasteiger partial charge in [-0.3, -0.25) is 0 Å². The SMILES string of the molecule is CCN(CC(O)CNC(C)C)c1ccc(F)cc1. The number of aliphatic hydroxyl groups excluding tert-OH is 1. The van der Waals surface area contributed by atoms with Gasteiger partial charge in [0.1, 0.15) is 5.82 Å². The Hall–Kier alpha value is -1.13. The third-order valence-electron chi connectivity index (χ3n) is 2.77. The van der Waals surface area contributed by atoms with Crippen LogP contribution in [0.2, 0.25) is 0 Å². The molecule has 0 aromatic heterocycles. The molecular formula is C14H23FN2O. The molecular weight excluding hydrogens is 231 g/mol. The molecule has 0 saturated heterocycles. The first-order chi connectivity index (χ1) is 8.52. The lowest BCUT2D eigenvalue weighted by molar-refractivity contribution is 0.174. The van der Waals surface area contributed by atoms with E-state index in [0.717, 1.165) is 12.2 Å². The average Bonchev–Trinajstić information content (AvgIpc) is 2.34. The van der Waals surface area contributed by atoms with E-state index in [4.69, 9.17) is 0 Å². The van der Waals surface area contributed by atoms with Crippen LogP contribution < -0.4 is 10.2 Å². The summed E-state index contributed by atoms with van der Waals surface area (Å²) in [7, 11) is 0. The van der Waals surface area contributed by atoms with E-state index in [1.807, 2.05) is 25.7 Å². The Kier molecular flexibility index (Phi) is 6.09. The molecule has 3 nitrogen and oxygen atoms in total. The number of hydrogen-bond acceptors (Lipinski definition) is 3. The molecule has 1 aromatic carbocycles. The molecule has 0 spiro atoms. The van der Waals surface area contributed by atoms with Crippen molar-refractivity contribution in [3.63, 3.8) is 0 Å². The molecule has 0 aliphatic carbocycles. The highest BCUT2D eigenvalue weighted by Crippen LogP contribution is 2.14. The summed E-state index contributed by atoms with van der Waals surface area (Å²) in [6.07, 6.45) is -0.433. The van der Waals surface area contributed by atoms with Crippen LogP contribution in [0.25, 0.3) is 0 Å². The molecule has 0 aliphatic heterocycles. The molecule has 1 atom stereocenters. The Morgan fingerprint density at radius 1 is 1.28 bits per heavy atom. The Morgan fingerprint density at radius 2 is 1.89 bits per heavy atom. The molecule has 1 unspecified atom stereocenters. The van der Waals surface area contributed by atoms with Crippen molar-refractivity contribution in [1.82, 2.24) is 5.32 Å². The van der Waals surface area contributed by atoms with Gasteiger partial charge in [0.15, 0.2) is 0 Å². The molecule has 0 amide bonds. The van der Waals surface area contributed by atoms with Crippen molar-refractivity contribution in [1.29, 1.82) is 0 Å². The second kappa shape index (κ2) is 7.34. The van der Waals surface area contributed by atoms with Crippen LogP contribution in [0.15, 0.2) is 24.3 Å². The predicted molar refractivity (Wildman–Crippen MR) is 73.4 cm³/mol. The van der Waals surface area contributed by atoms with E-state index in [9.17, 15) is 9.50 Å². The van der Waals surface area contributed by atoms with Crippen LogP contribution >= 0.6 is 0 Å². The summed E-state index contributed by atoms with van der Waals surface area (Å²) in [5.41, 5.74) is 0.933. The molecule has 102 valence electrons. The molecule has 1 rings (SSSR count). The number of aliphatic hydroxyl groups is 1. The predicted octanol–water partition coefficient (Wildman–Crippen LogP) is 2.01. The topological polar surface area (TPSA) is 35.5 Å². The molecule has 18 heavy (non-hydrogen) atoms. The van der Waals surface area contributed by atoms with Crippen molar-refractivity contribution in [3.8, 4) is 0 Å². The largest absolute Gasteiger partial charge is 0.390 e. The van der Waals surface area contributed by atoms with Crippen molar-refractivity contribution >= 4 is 5.69 Å². The van der Waals surface area contributed by atoms with Crippen LogP contribution in [-0.4, -0.2) is 36.9 Å². The van der Waals surface area contributed by atoms with E-state index in [-0.39, 0.29) is 5.82 Å². The van der Waals surface area contributed by atoms with Gasteiger partial charge in [-0.25, -0.2) is 4.39 Å². The van der Waals surface area contributed by atoms with Gasteiger partial charge in [-0.1, -0.05) is 13.8 Å². The molecule has 2 N–H and O–H groups in total. The summed E-state index contributed by atoms with van der Waals surface area (Å²) < 4.78 is 12.8. The highest BCUT2D eigenvalue weighted by Gasteiger charge is 2.11. The summed E-state index contributed by atoms with van der Waals surface area (Å²) >= 11 is 0. The number of likely N-dealkylation sites (N-methyl/N-ethyl adjacent to an activating group) is 1. The van der Waals surface area contributed by atoms with Crippen molar-refractivity contribution in [3.05, 3.63) is 30.1 Å². The van der Waals surface area contributed by atoms with Gasteiger partial charge in [0, 0.05) is 31.4 Å². The maximum absolute atomic E-state index is 12.8. The van der Waals surface area contributed by atoms with E-state index in [1.165, 1.54) is 12.1 Å². The first-order valence-corrected chi connectivity index (χ1v) is 6.45. The first kappa shape index (κ1) is 14.9. The zero-order valence-electron chi connectivity index (χ0n) is 11.4. The second-order valence-corrected chi connectivity index (χ2v) is 4.73. The Bertz CT molecular complexity index is 340. The Balaban J connectivity index is 2.53. The summed E-state index contributed by atoms with van der Waals surface area (Å²) in [6, 6.07) is 6.72. The van der Waals surface area contributed by atoms with Gasteiger partial charge in [-0.2, -0.15) is 0 Å². The van der Waals surface area contributed by atoms with Crippen molar-refractivity contribution in [2.24, 2.45) is 0 Å². The normalized spacial score (nSPS) is 12.8. The maximum Gasteiger partial charge on any atom is 0.123 e. The minimum absolute atomic E-state index is 0.239. The highest BCUT2D eigenvalue weighted by molar-refractivity contribution is 5.46. The summed E-state index contributed by atoms with van der Waals surface area (Å²) in [6.45, 7) is 8.00. The third kappa shape index (κ3) is 5.02. The molecule has 0 bridgehead atoms. The Morgan fingerprint density at radius 3 is 2.39 bits per heavy atom. The quantitative estimate of drug-likeness (QED) is 0.781. The van der Waals surface area contributed by atoms with Gasteiger partial charge in [0.2, 0.25) is 0 Å². The monoisotopic (exact) mass is 254 g/mol. The molecule has 0 aliphatic rings. The molecule has 4 heteroatoms. The highest BCUT2D eigenvalue weighted by atomic mass is 19.1. The Labute approximate surface area is 109 Å². The van der Waals surface area contributed by atoms with Gasteiger partial charge in [-0.05, 0) is 31.2 Å². The number of rotatable bonds is 7. The summed E-state index contributed by atoms with van der Waals surface area (Å²) in [5.74, 6) is -0.239. The molecule has 1 aromatic rings. The van der Waals surface area contributed by atoms with Gasteiger partial charge < -0.3 is 15.3 Å². The van der Waals surface area contributed by atoms with Gasteiger partial charge in [0.05, 0.1) is 6.10 Å². The average molecular weight is 254 g/mol. The van der Waals surface area contributed by atoms with E-state index >= 15 is 0 Å². The van der Waals surface area contributed by atoms with Crippen LogP contribution in [0.1, 0.15) is 20.8 Å². The fourth-order valence-corrected chi connectivity index (χ4v) is 1.76. The lowest BCUT2D eigenvalue weighted by Gasteiger charge is -2.26. The van der Waals surface area contributed by atoms with Gasteiger partial charge in [0.25, 0.3) is 0 Å². The summed E-state index contributed by atoms with van der Waals surface area (Å²) in [4.78, 5) is 2.03. The zero-order chi connectivity index (χ0) is 13.5. The fourth-order valence-electron chi connectivity index (χ4n) is 1.76. The van der Waals surface area contributed by atoms with Crippen LogP contribution in [0, 0.1) is 5.82 Å². The maximum atomic E-state index is 12.8. The van der Waals surface area contributed by atoms with E-state index < -0.39 is 6.10 Å². The lowest BCUT2D eigenvalue weighted by Crippen LogP contribution is -2.40. The van der Waals surface area contributed by atoms with Gasteiger partial charge >= 0.3 is 0 Å². The number of anilines is 1. The third-order valence-corrected chi connectivity index (χ3v) is 2.77. The van der Waals surface area contributed by atoms with Crippen molar-refractivity contribution in [2.45, 2.75) is 32.9 Å². The number of halogens is 1. The van der Waals surface area contributed by atoms with Crippen LogP contribution in [-0.2, 0) is 0 Å². The summed E-state index contributed by atoms with van der Waals surface area (Å²) in [5, 5.41) is 13.1. The molecule has 0 fully saturated rings. The second-order valence-electron chi connectivity index (χ2n) is 4.73. The minimum atomic E-state index is -0.433. The lowest BCUT2D eigenvalue weighted by atomic mass is 10.2. The standard InChI is InChI=1S/C14H23FN2O/c1-4-17(10-14(18)9-16-11(2)3)13-7-5-12(15)6-8-13/h5-8,11,14,16,18H,4,9-10H2,1-3H3. The van der Waals surface area contributed by atoms with E-state index in [1.54, 1.807) is 12.1 Å².